The maximum Gasteiger partial charge on any atom is 0.138 e. The van der Waals surface area contributed by atoms with Crippen LogP contribution >= 0.6 is 0 Å². The fraction of sp³-hybridized carbons (Fsp3) is 0.158. The topological polar surface area (TPSA) is 73.8 Å². The molecule has 0 aliphatic heterocycles. The maximum absolute atomic E-state index is 10.1. The maximum atomic E-state index is 10.1. The number of hydrogen-bond donors (Lipinski definition) is 3. The van der Waals surface area contributed by atoms with Crippen molar-refractivity contribution in [3.63, 3.8) is 0 Å². The monoisotopic (exact) mass is 310 g/mol. The van der Waals surface area contributed by atoms with Crippen molar-refractivity contribution >= 4 is 17.0 Å². The zero-order chi connectivity index (χ0) is 16.6. The molecule has 4 heteroatoms. The van der Waals surface area contributed by atoms with Gasteiger partial charge in [-0.3, -0.25) is 0 Å². The summed E-state index contributed by atoms with van der Waals surface area (Å²) < 4.78 is 5.72. The minimum Gasteiger partial charge on any atom is -0.508 e. The zero-order valence-electron chi connectivity index (χ0n) is 12.9. The fourth-order valence-electron chi connectivity index (χ4n) is 2.40. The van der Waals surface area contributed by atoms with E-state index in [0.29, 0.717) is 22.8 Å². The molecule has 0 unspecified atom stereocenters. The second kappa shape index (κ2) is 5.72. The molecule has 118 valence electrons. The van der Waals surface area contributed by atoms with Gasteiger partial charge in [0.15, 0.2) is 0 Å². The average molecular weight is 310 g/mol. The van der Waals surface area contributed by atoms with Crippen molar-refractivity contribution in [2.45, 2.75) is 13.8 Å². The molecule has 0 atom stereocenters. The number of furan rings is 1. The van der Waals surface area contributed by atoms with E-state index in [0.717, 1.165) is 10.9 Å². The Morgan fingerprint density at radius 2 is 1.61 bits per heavy atom. The third-order valence-corrected chi connectivity index (χ3v) is 3.51. The molecule has 1 heterocycles. The van der Waals surface area contributed by atoms with Gasteiger partial charge in [0, 0.05) is 28.6 Å². The van der Waals surface area contributed by atoms with E-state index in [1.54, 1.807) is 6.07 Å². The van der Waals surface area contributed by atoms with Crippen LogP contribution in [-0.2, 0) is 0 Å². The number of hydrogen-bond acceptors (Lipinski definition) is 4. The van der Waals surface area contributed by atoms with Crippen molar-refractivity contribution in [2.24, 2.45) is 5.92 Å². The fourth-order valence-corrected chi connectivity index (χ4v) is 2.40. The molecule has 3 aromatic rings. The highest BCUT2D eigenvalue weighted by molar-refractivity contribution is 5.87. The Morgan fingerprint density at radius 3 is 2.26 bits per heavy atom. The second-order valence-electron chi connectivity index (χ2n) is 5.90. The Morgan fingerprint density at radius 1 is 0.913 bits per heavy atom. The highest BCUT2D eigenvalue weighted by Crippen LogP contribution is 2.35. The molecule has 0 aliphatic carbocycles. The van der Waals surface area contributed by atoms with Gasteiger partial charge in [-0.1, -0.05) is 26.0 Å². The Hall–Kier alpha value is -2.88. The molecule has 0 saturated carbocycles. The predicted octanol–water partition coefficient (Wildman–Crippen LogP) is 4.89. The molecule has 0 aliphatic rings. The van der Waals surface area contributed by atoms with Gasteiger partial charge < -0.3 is 19.7 Å². The van der Waals surface area contributed by atoms with Crippen molar-refractivity contribution in [3.05, 3.63) is 48.0 Å². The number of phenols is 3. The van der Waals surface area contributed by atoms with Crippen molar-refractivity contribution in [1.29, 1.82) is 0 Å². The lowest BCUT2D eigenvalue weighted by Gasteiger charge is -2.00. The van der Waals surface area contributed by atoms with E-state index >= 15 is 0 Å². The standard InChI is InChI=1S/C19H18O4/c1-11(2)3-4-12-5-13-8-18(23-19(13)10-17(12)22)14-6-15(20)9-16(21)7-14/h3-11,20-22H,1-2H3/b4-3+. The summed E-state index contributed by atoms with van der Waals surface area (Å²) in [6.45, 7) is 4.13. The molecule has 23 heavy (non-hydrogen) atoms. The quantitative estimate of drug-likeness (QED) is 0.644. The molecule has 3 N–H and O–H groups in total. The highest BCUT2D eigenvalue weighted by atomic mass is 16.3. The van der Waals surface area contributed by atoms with Gasteiger partial charge in [-0.05, 0) is 30.2 Å². The number of phenolic OH excluding ortho intramolecular Hbond substituents is 3. The molecule has 0 saturated heterocycles. The van der Waals surface area contributed by atoms with Crippen LogP contribution in [0.1, 0.15) is 19.4 Å². The van der Waals surface area contributed by atoms with Gasteiger partial charge in [0.1, 0.15) is 28.6 Å². The van der Waals surface area contributed by atoms with Gasteiger partial charge in [0.05, 0.1) is 0 Å². The molecule has 4 nitrogen and oxygen atoms in total. The second-order valence-corrected chi connectivity index (χ2v) is 5.90. The van der Waals surface area contributed by atoms with Crippen LogP contribution in [0.25, 0.3) is 28.4 Å². The van der Waals surface area contributed by atoms with Gasteiger partial charge >= 0.3 is 0 Å². The van der Waals surface area contributed by atoms with Crippen molar-refractivity contribution in [2.75, 3.05) is 0 Å². The molecule has 1 aromatic heterocycles. The van der Waals surface area contributed by atoms with Gasteiger partial charge in [0.2, 0.25) is 0 Å². The lowest BCUT2D eigenvalue weighted by Crippen LogP contribution is -1.79. The van der Waals surface area contributed by atoms with Gasteiger partial charge in [-0.25, -0.2) is 0 Å². The summed E-state index contributed by atoms with van der Waals surface area (Å²) in [6.07, 6.45) is 3.89. The zero-order valence-corrected chi connectivity index (χ0v) is 12.9. The lowest BCUT2D eigenvalue weighted by molar-refractivity contribution is 0.450. The van der Waals surface area contributed by atoms with Crippen LogP contribution in [0.3, 0.4) is 0 Å². The third-order valence-electron chi connectivity index (χ3n) is 3.51. The Labute approximate surface area is 133 Å². The lowest BCUT2D eigenvalue weighted by atomic mass is 10.1. The SMILES string of the molecule is CC(C)/C=C/c1cc2cc(-c3cc(O)cc(O)c3)oc2cc1O. The molecule has 0 amide bonds. The summed E-state index contributed by atoms with van der Waals surface area (Å²) in [4.78, 5) is 0. The first kappa shape index (κ1) is 15.0. The number of fused-ring (bicyclic) bond motifs is 1. The minimum atomic E-state index is -0.0381. The molecule has 2 aromatic carbocycles. The van der Waals surface area contributed by atoms with Gasteiger partial charge in [-0.2, -0.15) is 0 Å². The van der Waals surface area contributed by atoms with Crippen molar-refractivity contribution in [3.8, 4) is 28.6 Å². The summed E-state index contributed by atoms with van der Waals surface area (Å²) >= 11 is 0. The Balaban J connectivity index is 2.08. The third kappa shape index (κ3) is 3.16. The van der Waals surface area contributed by atoms with Crippen molar-refractivity contribution in [1.82, 2.24) is 0 Å². The Bertz CT molecular complexity index is 868. The molecule has 3 rings (SSSR count). The van der Waals surface area contributed by atoms with Crippen LogP contribution in [0.5, 0.6) is 17.2 Å². The van der Waals surface area contributed by atoms with E-state index in [9.17, 15) is 15.3 Å². The average Bonchev–Trinajstić information content (AvgIpc) is 2.86. The summed E-state index contributed by atoms with van der Waals surface area (Å²) in [5, 5.41) is 30.1. The smallest absolute Gasteiger partial charge is 0.138 e. The van der Waals surface area contributed by atoms with Crippen LogP contribution in [-0.4, -0.2) is 15.3 Å². The highest BCUT2D eigenvalue weighted by Gasteiger charge is 2.11. The van der Waals surface area contributed by atoms with Gasteiger partial charge in [0.25, 0.3) is 0 Å². The van der Waals surface area contributed by atoms with Crippen LogP contribution in [0.2, 0.25) is 0 Å². The van der Waals surface area contributed by atoms with E-state index in [1.807, 2.05) is 24.3 Å². The molecule has 0 spiro atoms. The molecule has 0 bridgehead atoms. The molecule has 0 fully saturated rings. The van der Waals surface area contributed by atoms with Crippen LogP contribution in [0.15, 0.2) is 46.9 Å². The summed E-state index contributed by atoms with van der Waals surface area (Å²) in [6, 6.07) is 9.51. The number of rotatable bonds is 3. The first-order valence-corrected chi connectivity index (χ1v) is 7.40. The first-order chi connectivity index (χ1) is 10.9. The summed E-state index contributed by atoms with van der Waals surface area (Å²) in [5.74, 6) is 0.970. The normalized spacial score (nSPS) is 11.8. The van der Waals surface area contributed by atoms with E-state index in [1.165, 1.54) is 18.2 Å². The van der Waals surface area contributed by atoms with Crippen LogP contribution in [0, 0.1) is 5.92 Å². The number of allylic oxidation sites excluding steroid dienone is 1. The van der Waals surface area contributed by atoms with Crippen molar-refractivity contribution < 1.29 is 19.7 Å². The van der Waals surface area contributed by atoms with E-state index < -0.39 is 0 Å². The molecule has 0 radical (unpaired) electrons. The first-order valence-electron chi connectivity index (χ1n) is 7.40. The van der Waals surface area contributed by atoms with Crippen LogP contribution < -0.4 is 0 Å². The minimum absolute atomic E-state index is 0.0381. The molecular formula is C19H18O4. The predicted molar refractivity (Wildman–Crippen MR) is 90.5 cm³/mol. The van der Waals surface area contributed by atoms with E-state index in [-0.39, 0.29) is 17.2 Å². The number of benzene rings is 2. The Kier molecular flexibility index (Phi) is 3.74. The molecular weight excluding hydrogens is 292 g/mol. The van der Waals surface area contributed by atoms with E-state index in [4.69, 9.17) is 4.42 Å². The summed E-state index contributed by atoms with van der Waals surface area (Å²) in [7, 11) is 0. The van der Waals surface area contributed by atoms with Crippen LogP contribution in [0.4, 0.5) is 0 Å². The summed E-state index contributed by atoms with van der Waals surface area (Å²) in [5.41, 5.74) is 1.83. The largest absolute Gasteiger partial charge is 0.508 e. The van der Waals surface area contributed by atoms with Gasteiger partial charge in [-0.15, -0.1) is 0 Å². The van der Waals surface area contributed by atoms with E-state index in [2.05, 4.69) is 13.8 Å². The number of aromatic hydroxyl groups is 3.